The molecule has 0 aliphatic carbocycles. The number of carbonyl (C=O) groups is 1. The molecule has 1 aromatic carbocycles. The molecule has 1 amide bonds. The molecule has 34 heavy (non-hydrogen) atoms. The number of amides is 1. The molecular weight excluding hydrogens is 520 g/mol. The predicted octanol–water partition coefficient (Wildman–Crippen LogP) is 4.58. The van der Waals surface area contributed by atoms with Crippen molar-refractivity contribution in [2.75, 3.05) is 19.8 Å². The SMILES string of the molecule is O=C(NOC1CCCCO1)C1(S(=O)(=O)c2ccc3nc(-c4ccc(Cl)s4)sc3c2)CCOCC1. The summed E-state index contributed by atoms with van der Waals surface area (Å²) in [5.41, 5.74) is 3.07. The molecule has 0 bridgehead atoms. The minimum atomic E-state index is -4.07. The maximum absolute atomic E-state index is 13.9. The number of hydrogen-bond donors (Lipinski definition) is 1. The Labute approximate surface area is 210 Å². The van der Waals surface area contributed by atoms with Crippen LogP contribution >= 0.6 is 34.3 Å². The summed E-state index contributed by atoms with van der Waals surface area (Å²) in [5, 5.41) is 0.765. The lowest BCUT2D eigenvalue weighted by molar-refractivity contribution is -0.202. The zero-order chi connectivity index (χ0) is 23.8. The molecule has 0 spiro atoms. The summed E-state index contributed by atoms with van der Waals surface area (Å²) in [6.07, 6.45) is 2.00. The number of nitrogens with one attached hydrogen (secondary N) is 1. The van der Waals surface area contributed by atoms with Crippen LogP contribution in [0.4, 0.5) is 0 Å². The van der Waals surface area contributed by atoms with Crippen molar-refractivity contribution in [1.82, 2.24) is 10.5 Å². The van der Waals surface area contributed by atoms with Crippen molar-refractivity contribution in [3.8, 4) is 9.88 Å². The third kappa shape index (κ3) is 4.50. The van der Waals surface area contributed by atoms with E-state index in [-0.39, 0.29) is 31.0 Å². The van der Waals surface area contributed by atoms with E-state index in [4.69, 9.17) is 25.9 Å². The number of ether oxygens (including phenoxy) is 2. The van der Waals surface area contributed by atoms with Crippen LogP contribution in [0.15, 0.2) is 35.2 Å². The summed E-state index contributed by atoms with van der Waals surface area (Å²) in [7, 11) is -4.07. The maximum atomic E-state index is 13.9. The first kappa shape index (κ1) is 24.1. The van der Waals surface area contributed by atoms with E-state index in [1.54, 1.807) is 18.2 Å². The van der Waals surface area contributed by atoms with Crippen LogP contribution in [0.5, 0.6) is 0 Å². The molecule has 182 valence electrons. The van der Waals surface area contributed by atoms with Crippen LogP contribution in [0.2, 0.25) is 4.34 Å². The molecule has 1 atom stereocenters. The Morgan fingerprint density at radius 1 is 1.15 bits per heavy atom. The summed E-state index contributed by atoms with van der Waals surface area (Å²) < 4.78 is 38.3. The Hall–Kier alpha value is -1.60. The van der Waals surface area contributed by atoms with Crippen LogP contribution in [0.1, 0.15) is 32.1 Å². The summed E-state index contributed by atoms with van der Waals surface area (Å²) in [5.74, 6) is -0.691. The van der Waals surface area contributed by atoms with Crippen LogP contribution in [-0.2, 0) is 28.9 Å². The first-order chi connectivity index (χ1) is 16.4. The van der Waals surface area contributed by atoms with Crippen LogP contribution in [0.25, 0.3) is 20.1 Å². The molecule has 4 heterocycles. The molecule has 8 nitrogen and oxygen atoms in total. The Kier molecular flexibility index (Phi) is 6.95. The molecule has 1 N–H and O–H groups in total. The molecule has 1 unspecified atom stereocenters. The molecule has 2 saturated heterocycles. The largest absolute Gasteiger partial charge is 0.381 e. The zero-order valence-electron chi connectivity index (χ0n) is 18.1. The monoisotopic (exact) mass is 542 g/mol. The van der Waals surface area contributed by atoms with Crippen LogP contribution in [-0.4, -0.2) is 50.2 Å². The fourth-order valence-corrected chi connectivity index (χ4v) is 8.31. The quantitative estimate of drug-likeness (QED) is 0.455. The van der Waals surface area contributed by atoms with Crippen molar-refractivity contribution in [3.05, 3.63) is 34.7 Å². The molecule has 2 aliphatic rings. The predicted molar refractivity (Wildman–Crippen MR) is 131 cm³/mol. The van der Waals surface area contributed by atoms with Gasteiger partial charge in [0.05, 0.1) is 24.3 Å². The van der Waals surface area contributed by atoms with Gasteiger partial charge in [-0.05, 0) is 56.0 Å². The third-order valence-electron chi connectivity index (χ3n) is 6.10. The number of benzene rings is 1. The average Bonchev–Trinajstić information content (AvgIpc) is 3.49. The lowest BCUT2D eigenvalue weighted by Gasteiger charge is -2.35. The van der Waals surface area contributed by atoms with Crippen molar-refractivity contribution < 1.29 is 27.5 Å². The van der Waals surface area contributed by atoms with Gasteiger partial charge >= 0.3 is 0 Å². The summed E-state index contributed by atoms with van der Waals surface area (Å²) in [6, 6.07) is 8.47. The van der Waals surface area contributed by atoms with Crippen LogP contribution in [0, 0.1) is 0 Å². The Morgan fingerprint density at radius 2 is 1.97 bits per heavy atom. The van der Waals surface area contributed by atoms with Crippen molar-refractivity contribution in [2.45, 2.75) is 48.0 Å². The highest BCUT2D eigenvalue weighted by Crippen LogP contribution is 2.40. The van der Waals surface area contributed by atoms with Gasteiger partial charge in [0.2, 0.25) is 0 Å². The lowest BCUT2D eigenvalue weighted by atomic mass is 9.98. The number of thiazole rings is 1. The lowest BCUT2D eigenvalue weighted by Crippen LogP contribution is -2.56. The van der Waals surface area contributed by atoms with Crippen molar-refractivity contribution >= 4 is 60.2 Å². The number of rotatable bonds is 6. The van der Waals surface area contributed by atoms with E-state index in [0.29, 0.717) is 22.9 Å². The van der Waals surface area contributed by atoms with Gasteiger partial charge in [-0.3, -0.25) is 4.79 Å². The number of sulfone groups is 1. The molecule has 2 aliphatic heterocycles. The minimum Gasteiger partial charge on any atom is -0.381 e. The summed E-state index contributed by atoms with van der Waals surface area (Å²) >= 11 is 8.85. The number of fused-ring (bicyclic) bond motifs is 1. The first-order valence-corrected chi connectivity index (χ1v) is 14.4. The van der Waals surface area contributed by atoms with E-state index in [1.165, 1.54) is 28.7 Å². The van der Waals surface area contributed by atoms with Gasteiger partial charge in [0.15, 0.2) is 20.9 Å². The smallest absolute Gasteiger partial charge is 0.265 e. The average molecular weight is 543 g/mol. The van der Waals surface area contributed by atoms with Crippen molar-refractivity contribution in [3.63, 3.8) is 0 Å². The van der Waals surface area contributed by atoms with E-state index in [2.05, 4.69) is 10.5 Å². The van der Waals surface area contributed by atoms with Gasteiger partial charge in [0.1, 0.15) is 5.01 Å². The number of hydroxylamine groups is 1. The van der Waals surface area contributed by atoms with Gasteiger partial charge < -0.3 is 9.47 Å². The highest BCUT2D eigenvalue weighted by atomic mass is 35.5. The molecule has 12 heteroatoms. The highest BCUT2D eigenvalue weighted by molar-refractivity contribution is 7.93. The molecule has 0 radical (unpaired) electrons. The topological polar surface area (TPSA) is 104 Å². The molecule has 3 aromatic rings. The van der Waals surface area contributed by atoms with E-state index in [9.17, 15) is 13.2 Å². The highest BCUT2D eigenvalue weighted by Gasteiger charge is 2.52. The fraction of sp³-hybridized carbons (Fsp3) is 0.455. The normalized spacial score (nSPS) is 20.9. The van der Waals surface area contributed by atoms with Gasteiger partial charge in [-0.25, -0.2) is 23.7 Å². The van der Waals surface area contributed by atoms with Gasteiger partial charge in [-0.1, -0.05) is 11.6 Å². The third-order valence-corrected chi connectivity index (χ3v) is 11.0. The van der Waals surface area contributed by atoms with Gasteiger partial charge in [-0.15, -0.1) is 22.7 Å². The molecule has 5 rings (SSSR count). The van der Waals surface area contributed by atoms with E-state index >= 15 is 0 Å². The second kappa shape index (κ2) is 9.81. The Bertz CT molecular complexity index is 1290. The van der Waals surface area contributed by atoms with E-state index in [1.807, 2.05) is 6.07 Å². The second-order valence-electron chi connectivity index (χ2n) is 8.21. The maximum Gasteiger partial charge on any atom is 0.265 e. The number of halogens is 1. The number of carbonyl (C=O) groups excluding carboxylic acids is 1. The van der Waals surface area contributed by atoms with Gasteiger partial charge in [-0.2, -0.15) is 0 Å². The van der Waals surface area contributed by atoms with E-state index < -0.39 is 26.8 Å². The Balaban J connectivity index is 1.45. The number of nitrogens with zero attached hydrogens (tertiary/aromatic N) is 1. The fourth-order valence-electron chi connectivity index (χ4n) is 4.17. The van der Waals surface area contributed by atoms with Gasteiger partial charge in [0.25, 0.3) is 5.91 Å². The van der Waals surface area contributed by atoms with Gasteiger partial charge in [0, 0.05) is 26.2 Å². The first-order valence-electron chi connectivity index (χ1n) is 11.0. The number of aromatic nitrogens is 1. The van der Waals surface area contributed by atoms with Crippen molar-refractivity contribution in [1.29, 1.82) is 0 Å². The molecular formula is C22H23ClN2O6S3. The minimum absolute atomic E-state index is 0.0374. The zero-order valence-corrected chi connectivity index (χ0v) is 21.3. The molecule has 2 fully saturated rings. The second-order valence-corrected chi connectivity index (χ2v) is 13.2. The Morgan fingerprint density at radius 3 is 2.68 bits per heavy atom. The van der Waals surface area contributed by atoms with Crippen LogP contribution < -0.4 is 5.48 Å². The van der Waals surface area contributed by atoms with E-state index in [0.717, 1.165) is 27.4 Å². The molecule has 0 saturated carbocycles. The standard InChI is InChI=1S/C22H23ClN2O6S3/c23-18-7-6-16(32-18)20-24-15-5-4-14(13-17(15)33-20)34(27,28)22(8-11-29-12-9-22)21(26)25-31-19-3-1-2-10-30-19/h4-7,13,19H,1-3,8-12H2,(H,25,26). The number of hydrogen-bond acceptors (Lipinski definition) is 9. The molecule has 2 aromatic heterocycles. The van der Waals surface area contributed by atoms with Crippen LogP contribution in [0.3, 0.4) is 0 Å². The van der Waals surface area contributed by atoms with Crippen molar-refractivity contribution in [2.24, 2.45) is 0 Å². The summed E-state index contributed by atoms with van der Waals surface area (Å²) in [6.45, 7) is 0.879. The summed E-state index contributed by atoms with van der Waals surface area (Å²) in [4.78, 5) is 24.3. The number of thiophene rings is 1.